The van der Waals surface area contributed by atoms with Gasteiger partial charge in [0.2, 0.25) is 5.91 Å². The van der Waals surface area contributed by atoms with Gasteiger partial charge >= 0.3 is 0 Å². The number of carbonyl (C=O) groups excluding carboxylic acids is 1. The van der Waals surface area contributed by atoms with Crippen LogP contribution in [0.25, 0.3) is 0 Å². The first-order valence-electron chi connectivity index (χ1n) is 9.91. The Morgan fingerprint density at radius 2 is 1.80 bits per heavy atom. The van der Waals surface area contributed by atoms with E-state index in [1.54, 1.807) is 0 Å². The van der Waals surface area contributed by atoms with Crippen molar-refractivity contribution < 1.29 is 4.79 Å². The van der Waals surface area contributed by atoms with E-state index in [0.717, 1.165) is 45.6 Å². The molecule has 4 heteroatoms. The second-order valence-electron chi connectivity index (χ2n) is 8.17. The third kappa shape index (κ3) is 3.11. The van der Waals surface area contributed by atoms with Gasteiger partial charge in [-0.05, 0) is 50.8 Å². The lowest BCUT2D eigenvalue weighted by Crippen LogP contribution is -2.63. The molecule has 1 aliphatic carbocycles. The van der Waals surface area contributed by atoms with E-state index in [2.05, 4.69) is 48.0 Å². The van der Waals surface area contributed by atoms with Crippen LogP contribution in [0.4, 0.5) is 0 Å². The van der Waals surface area contributed by atoms with Gasteiger partial charge in [-0.3, -0.25) is 14.6 Å². The maximum atomic E-state index is 12.4. The molecule has 1 aromatic rings. The van der Waals surface area contributed by atoms with Crippen LogP contribution in [-0.2, 0) is 17.6 Å². The maximum Gasteiger partial charge on any atom is 0.222 e. The van der Waals surface area contributed by atoms with Crippen molar-refractivity contribution in [1.82, 2.24) is 14.7 Å². The molecular weight excluding hydrogens is 310 g/mol. The summed E-state index contributed by atoms with van der Waals surface area (Å²) in [5.41, 5.74) is 3.24. The van der Waals surface area contributed by atoms with E-state index in [-0.39, 0.29) is 5.54 Å². The van der Waals surface area contributed by atoms with E-state index in [9.17, 15) is 4.79 Å². The zero-order valence-corrected chi connectivity index (χ0v) is 15.7. The van der Waals surface area contributed by atoms with E-state index >= 15 is 0 Å². The fourth-order valence-electron chi connectivity index (χ4n) is 5.16. The van der Waals surface area contributed by atoms with E-state index in [4.69, 9.17) is 0 Å². The van der Waals surface area contributed by atoms with Crippen LogP contribution in [0.3, 0.4) is 0 Å². The number of likely N-dealkylation sites (tertiary alicyclic amines) is 1. The topological polar surface area (TPSA) is 26.8 Å². The molecule has 0 bridgehead atoms. The molecule has 0 N–H and O–H groups in total. The Kier molecular flexibility index (Phi) is 4.59. The molecule has 0 radical (unpaired) electrons. The molecule has 1 atom stereocenters. The Hall–Kier alpha value is -1.39. The minimum Gasteiger partial charge on any atom is -0.343 e. The van der Waals surface area contributed by atoms with E-state index in [1.165, 1.54) is 24.0 Å². The van der Waals surface area contributed by atoms with Crippen LogP contribution in [0.1, 0.15) is 37.3 Å². The van der Waals surface area contributed by atoms with Crippen LogP contribution in [0, 0.1) is 0 Å². The SMILES string of the molecule is CCN1CC[C@@]2(CCC1=O)CN(C1Cc3ccccc3C1)CCN2C. The number of amides is 1. The van der Waals surface area contributed by atoms with Gasteiger partial charge in [0.1, 0.15) is 0 Å². The van der Waals surface area contributed by atoms with Crippen LogP contribution >= 0.6 is 0 Å². The van der Waals surface area contributed by atoms with Gasteiger partial charge in [-0.2, -0.15) is 0 Å². The molecule has 0 unspecified atom stereocenters. The van der Waals surface area contributed by atoms with Crippen molar-refractivity contribution in [3.05, 3.63) is 35.4 Å². The zero-order chi connectivity index (χ0) is 17.4. The second-order valence-corrected chi connectivity index (χ2v) is 8.17. The number of nitrogens with zero attached hydrogens (tertiary/aromatic N) is 3. The van der Waals surface area contributed by atoms with Crippen LogP contribution in [0.15, 0.2) is 24.3 Å². The summed E-state index contributed by atoms with van der Waals surface area (Å²) >= 11 is 0. The van der Waals surface area contributed by atoms with Gasteiger partial charge in [-0.15, -0.1) is 0 Å². The maximum absolute atomic E-state index is 12.4. The lowest BCUT2D eigenvalue weighted by Gasteiger charge is -2.51. The number of fused-ring (bicyclic) bond motifs is 1. The summed E-state index contributed by atoms with van der Waals surface area (Å²) in [6, 6.07) is 9.57. The highest BCUT2D eigenvalue weighted by molar-refractivity contribution is 5.76. The van der Waals surface area contributed by atoms with Gasteiger partial charge in [0.25, 0.3) is 0 Å². The minimum atomic E-state index is 0.173. The molecule has 4 rings (SSSR count). The number of rotatable bonds is 2. The summed E-state index contributed by atoms with van der Waals surface area (Å²) in [6.07, 6.45) is 5.21. The van der Waals surface area contributed by atoms with Crippen LogP contribution in [0.5, 0.6) is 0 Å². The summed E-state index contributed by atoms with van der Waals surface area (Å²) in [5.74, 6) is 0.346. The fourth-order valence-corrected chi connectivity index (χ4v) is 5.16. The predicted octanol–water partition coefficient (Wildman–Crippen LogP) is 2.17. The second kappa shape index (κ2) is 6.73. The Bertz CT molecular complexity index is 621. The molecule has 2 aliphatic heterocycles. The van der Waals surface area contributed by atoms with E-state index in [0.29, 0.717) is 18.4 Å². The Balaban J connectivity index is 1.49. The molecule has 2 heterocycles. The van der Waals surface area contributed by atoms with Crippen molar-refractivity contribution in [3.8, 4) is 0 Å². The minimum absolute atomic E-state index is 0.173. The molecule has 2 saturated heterocycles. The van der Waals surface area contributed by atoms with Crippen LogP contribution < -0.4 is 0 Å². The van der Waals surface area contributed by atoms with Gasteiger partial charge in [0.05, 0.1) is 0 Å². The first-order chi connectivity index (χ1) is 12.1. The molecule has 1 amide bonds. The van der Waals surface area contributed by atoms with Gasteiger partial charge in [0, 0.05) is 50.7 Å². The third-order valence-corrected chi connectivity index (χ3v) is 6.96. The average molecular weight is 341 g/mol. The lowest BCUT2D eigenvalue weighted by molar-refractivity contribution is -0.130. The first kappa shape index (κ1) is 17.0. The molecule has 1 aromatic carbocycles. The number of piperazine rings is 1. The highest BCUT2D eigenvalue weighted by atomic mass is 16.2. The highest BCUT2D eigenvalue weighted by Crippen LogP contribution is 2.35. The van der Waals surface area contributed by atoms with Gasteiger partial charge in [0.15, 0.2) is 0 Å². The summed E-state index contributed by atoms with van der Waals surface area (Å²) in [7, 11) is 2.27. The highest BCUT2D eigenvalue weighted by Gasteiger charge is 2.44. The molecule has 136 valence electrons. The largest absolute Gasteiger partial charge is 0.343 e. The molecule has 0 aromatic heterocycles. The van der Waals surface area contributed by atoms with Crippen molar-refractivity contribution in [2.24, 2.45) is 0 Å². The summed E-state index contributed by atoms with van der Waals surface area (Å²) in [4.78, 5) is 19.7. The number of hydrogen-bond donors (Lipinski definition) is 0. The Labute approximate surface area is 151 Å². The van der Waals surface area contributed by atoms with Gasteiger partial charge in [-0.1, -0.05) is 24.3 Å². The monoisotopic (exact) mass is 341 g/mol. The summed E-state index contributed by atoms with van der Waals surface area (Å²) in [5, 5.41) is 0. The normalized spacial score (nSPS) is 29.2. The van der Waals surface area contributed by atoms with Crippen molar-refractivity contribution in [2.45, 2.75) is 50.6 Å². The fraction of sp³-hybridized carbons (Fsp3) is 0.667. The Morgan fingerprint density at radius 3 is 2.48 bits per heavy atom. The van der Waals surface area contributed by atoms with Crippen LogP contribution in [0.2, 0.25) is 0 Å². The van der Waals surface area contributed by atoms with E-state index in [1.807, 2.05) is 4.90 Å². The quantitative estimate of drug-likeness (QED) is 0.825. The lowest BCUT2D eigenvalue weighted by atomic mass is 9.85. The smallest absolute Gasteiger partial charge is 0.222 e. The average Bonchev–Trinajstić information content (AvgIpc) is 2.99. The molecule has 0 saturated carbocycles. The number of benzene rings is 1. The molecule has 3 aliphatic rings. The molecule has 1 spiro atoms. The molecule has 25 heavy (non-hydrogen) atoms. The van der Waals surface area contributed by atoms with Gasteiger partial charge < -0.3 is 4.90 Å². The molecular formula is C21H31N3O. The third-order valence-electron chi connectivity index (χ3n) is 6.96. The zero-order valence-electron chi connectivity index (χ0n) is 15.7. The van der Waals surface area contributed by atoms with Crippen molar-refractivity contribution in [3.63, 3.8) is 0 Å². The predicted molar refractivity (Wildman–Crippen MR) is 101 cm³/mol. The van der Waals surface area contributed by atoms with Gasteiger partial charge in [-0.25, -0.2) is 0 Å². The van der Waals surface area contributed by atoms with Crippen molar-refractivity contribution >= 4 is 5.91 Å². The van der Waals surface area contributed by atoms with Crippen molar-refractivity contribution in [2.75, 3.05) is 39.8 Å². The standard InChI is InChI=1S/C21H31N3O/c1-3-23-11-10-21(9-8-20(23)25)16-24(13-12-22(21)2)19-14-17-6-4-5-7-18(17)15-19/h4-7,19H,3,8-16H2,1-2H3/t21-/m0/s1. The number of hydrogen-bond acceptors (Lipinski definition) is 3. The summed E-state index contributed by atoms with van der Waals surface area (Å²) < 4.78 is 0. The molecule has 2 fully saturated rings. The van der Waals surface area contributed by atoms with Crippen LogP contribution in [-0.4, -0.2) is 72.0 Å². The number of carbonyl (C=O) groups is 1. The first-order valence-corrected chi connectivity index (χ1v) is 9.91. The number of likely N-dealkylation sites (N-methyl/N-ethyl adjacent to an activating group) is 1. The van der Waals surface area contributed by atoms with E-state index < -0.39 is 0 Å². The molecule has 4 nitrogen and oxygen atoms in total. The summed E-state index contributed by atoms with van der Waals surface area (Å²) in [6.45, 7) is 7.25. The van der Waals surface area contributed by atoms with Crippen molar-refractivity contribution in [1.29, 1.82) is 0 Å². The Morgan fingerprint density at radius 1 is 1.08 bits per heavy atom.